The number of thiazole rings is 1. The number of aromatic nitrogens is 1. The summed E-state index contributed by atoms with van der Waals surface area (Å²) >= 11 is 7.67. The third-order valence-corrected chi connectivity index (χ3v) is 4.77. The molecule has 3 aromatic rings. The Kier molecular flexibility index (Phi) is 4.19. The normalized spacial score (nSPS) is 10.7. The molecule has 0 spiro atoms. The lowest BCUT2D eigenvalue weighted by atomic mass is 10.0. The van der Waals surface area contributed by atoms with Crippen LogP contribution in [0.3, 0.4) is 0 Å². The van der Waals surface area contributed by atoms with Crippen LogP contribution in [0.15, 0.2) is 42.5 Å². The molecule has 0 saturated heterocycles. The molecular weight excluding hydrogens is 312 g/mol. The number of aryl methyl sites for hydroxylation is 3. The van der Waals surface area contributed by atoms with E-state index in [1.165, 1.54) is 16.0 Å². The van der Waals surface area contributed by atoms with Crippen LogP contribution in [0, 0.1) is 20.8 Å². The lowest BCUT2D eigenvalue weighted by Crippen LogP contribution is -1.90. The van der Waals surface area contributed by atoms with Crippen molar-refractivity contribution >= 4 is 33.8 Å². The molecule has 0 unspecified atom stereocenters. The highest BCUT2D eigenvalue weighted by Crippen LogP contribution is 2.33. The van der Waals surface area contributed by atoms with E-state index in [2.05, 4.69) is 44.3 Å². The zero-order valence-corrected chi connectivity index (χ0v) is 14.3. The van der Waals surface area contributed by atoms with Gasteiger partial charge in [-0.25, -0.2) is 4.98 Å². The van der Waals surface area contributed by atoms with Gasteiger partial charge in [0.25, 0.3) is 0 Å². The van der Waals surface area contributed by atoms with E-state index < -0.39 is 0 Å². The van der Waals surface area contributed by atoms with Gasteiger partial charge in [-0.2, -0.15) is 0 Å². The fourth-order valence-corrected chi connectivity index (χ4v) is 3.34. The van der Waals surface area contributed by atoms with Gasteiger partial charge in [-0.1, -0.05) is 29.8 Å². The van der Waals surface area contributed by atoms with Crippen molar-refractivity contribution in [3.63, 3.8) is 0 Å². The Bertz CT molecular complexity index is 824. The van der Waals surface area contributed by atoms with Crippen LogP contribution in [0.2, 0.25) is 5.02 Å². The first-order valence-corrected chi connectivity index (χ1v) is 8.30. The highest BCUT2D eigenvalue weighted by Gasteiger charge is 2.11. The Morgan fingerprint density at radius 2 is 1.82 bits per heavy atom. The molecule has 1 aromatic heterocycles. The summed E-state index contributed by atoms with van der Waals surface area (Å²) in [5, 5.41) is 4.92. The van der Waals surface area contributed by atoms with Crippen molar-refractivity contribution < 1.29 is 0 Å². The first-order chi connectivity index (χ1) is 10.5. The molecular formula is C18H17ClN2S. The first kappa shape index (κ1) is 15.1. The number of rotatable bonds is 3. The Labute approximate surface area is 139 Å². The van der Waals surface area contributed by atoms with Crippen molar-refractivity contribution in [1.29, 1.82) is 0 Å². The van der Waals surface area contributed by atoms with Crippen molar-refractivity contribution in [2.75, 3.05) is 5.32 Å². The molecule has 0 aliphatic rings. The van der Waals surface area contributed by atoms with E-state index in [1.54, 1.807) is 11.3 Å². The second-order valence-electron chi connectivity index (χ2n) is 5.36. The molecule has 3 rings (SSSR count). The minimum absolute atomic E-state index is 0.715. The molecule has 0 saturated carbocycles. The minimum atomic E-state index is 0.715. The van der Waals surface area contributed by atoms with E-state index in [0.717, 1.165) is 22.1 Å². The smallest absolute Gasteiger partial charge is 0.187 e. The summed E-state index contributed by atoms with van der Waals surface area (Å²) in [6.07, 6.45) is 0. The Balaban J connectivity index is 1.92. The lowest BCUT2D eigenvalue weighted by Gasteiger charge is -2.04. The number of halogens is 1. The zero-order valence-electron chi connectivity index (χ0n) is 12.8. The molecule has 0 amide bonds. The van der Waals surface area contributed by atoms with Gasteiger partial charge in [-0.05, 0) is 56.2 Å². The standard InChI is InChI=1S/C18H17ClN2S/c1-11-7-8-14(9-12(11)2)17-13(3)22-18(21-17)20-16-6-4-5-15(19)10-16/h4-10H,1-3H3,(H,20,21). The maximum absolute atomic E-state index is 6.02. The van der Waals surface area contributed by atoms with E-state index in [4.69, 9.17) is 16.6 Å². The fraction of sp³-hybridized carbons (Fsp3) is 0.167. The fourth-order valence-electron chi connectivity index (χ4n) is 2.30. The van der Waals surface area contributed by atoms with Crippen molar-refractivity contribution in [2.24, 2.45) is 0 Å². The summed E-state index contributed by atoms with van der Waals surface area (Å²) in [4.78, 5) is 5.94. The summed E-state index contributed by atoms with van der Waals surface area (Å²) in [5.74, 6) is 0. The van der Waals surface area contributed by atoms with Crippen LogP contribution < -0.4 is 5.32 Å². The number of nitrogens with one attached hydrogen (secondary N) is 1. The predicted molar refractivity (Wildman–Crippen MR) is 96.5 cm³/mol. The molecule has 1 N–H and O–H groups in total. The van der Waals surface area contributed by atoms with E-state index in [0.29, 0.717) is 5.02 Å². The predicted octanol–water partition coefficient (Wildman–Crippen LogP) is 6.13. The van der Waals surface area contributed by atoms with Crippen LogP contribution >= 0.6 is 22.9 Å². The summed E-state index contributed by atoms with van der Waals surface area (Å²) in [6.45, 7) is 6.36. The average molecular weight is 329 g/mol. The number of hydrogen-bond acceptors (Lipinski definition) is 3. The maximum atomic E-state index is 6.02. The van der Waals surface area contributed by atoms with Crippen LogP contribution in [-0.2, 0) is 0 Å². The summed E-state index contributed by atoms with van der Waals surface area (Å²) in [7, 11) is 0. The van der Waals surface area contributed by atoms with Gasteiger partial charge in [0.15, 0.2) is 5.13 Å². The third kappa shape index (κ3) is 3.16. The monoisotopic (exact) mass is 328 g/mol. The van der Waals surface area contributed by atoms with Crippen LogP contribution in [0.4, 0.5) is 10.8 Å². The molecule has 112 valence electrons. The van der Waals surface area contributed by atoms with Crippen molar-refractivity contribution in [3.05, 3.63) is 63.5 Å². The van der Waals surface area contributed by atoms with Gasteiger partial charge in [-0.3, -0.25) is 0 Å². The molecule has 0 fully saturated rings. The number of benzene rings is 2. The van der Waals surface area contributed by atoms with Gasteiger partial charge < -0.3 is 5.32 Å². The zero-order chi connectivity index (χ0) is 15.7. The van der Waals surface area contributed by atoms with Crippen molar-refractivity contribution in [2.45, 2.75) is 20.8 Å². The lowest BCUT2D eigenvalue weighted by molar-refractivity contribution is 1.31. The van der Waals surface area contributed by atoms with E-state index in [9.17, 15) is 0 Å². The maximum Gasteiger partial charge on any atom is 0.187 e. The van der Waals surface area contributed by atoms with Crippen LogP contribution in [0.5, 0.6) is 0 Å². The SMILES string of the molecule is Cc1ccc(-c2nc(Nc3cccc(Cl)c3)sc2C)cc1C. The van der Waals surface area contributed by atoms with Crippen molar-refractivity contribution in [3.8, 4) is 11.3 Å². The van der Waals surface area contributed by atoms with E-state index >= 15 is 0 Å². The van der Waals surface area contributed by atoms with Gasteiger partial charge >= 0.3 is 0 Å². The topological polar surface area (TPSA) is 24.9 Å². The molecule has 2 aromatic carbocycles. The highest BCUT2D eigenvalue weighted by atomic mass is 35.5. The molecule has 0 bridgehead atoms. The van der Waals surface area contributed by atoms with Gasteiger partial charge in [0, 0.05) is 21.2 Å². The summed E-state index contributed by atoms with van der Waals surface area (Å²) in [6, 6.07) is 14.1. The van der Waals surface area contributed by atoms with Gasteiger partial charge in [-0.15, -0.1) is 11.3 Å². The summed E-state index contributed by atoms with van der Waals surface area (Å²) in [5.41, 5.74) is 5.74. The Morgan fingerprint density at radius 1 is 1.00 bits per heavy atom. The molecule has 0 radical (unpaired) electrons. The number of hydrogen-bond donors (Lipinski definition) is 1. The number of nitrogens with zero attached hydrogens (tertiary/aromatic N) is 1. The van der Waals surface area contributed by atoms with Crippen LogP contribution in [0.1, 0.15) is 16.0 Å². The van der Waals surface area contributed by atoms with Gasteiger partial charge in [0.2, 0.25) is 0 Å². The van der Waals surface area contributed by atoms with E-state index in [1.807, 2.05) is 24.3 Å². The third-order valence-electron chi connectivity index (χ3n) is 3.65. The molecule has 0 aliphatic heterocycles. The molecule has 4 heteroatoms. The first-order valence-electron chi connectivity index (χ1n) is 7.10. The molecule has 0 atom stereocenters. The molecule has 22 heavy (non-hydrogen) atoms. The Morgan fingerprint density at radius 3 is 2.55 bits per heavy atom. The molecule has 0 aliphatic carbocycles. The van der Waals surface area contributed by atoms with E-state index in [-0.39, 0.29) is 0 Å². The quantitative estimate of drug-likeness (QED) is 0.625. The molecule has 1 heterocycles. The van der Waals surface area contributed by atoms with Crippen molar-refractivity contribution in [1.82, 2.24) is 4.98 Å². The van der Waals surface area contributed by atoms with Crippen LogP contribution in [0.25, 0.3) is 11.3 Å². The minimum Gasteiger partial charge on any atom is -0.331 e. The Hall–Kier alpha value is -1.84. The van der Waals surface area contributed by atoms with Crippen LogP contribution in [-0.4, -0.2) is 4.98 Å². The number of anilines is 2. The van der Waals surface area contributed by atoms with Gasteiger partial charge in [0.1, 0.15) is 0 Å². The second-order valence-corrected chi connectivity index (χ2v) is 7.00. The summed E-state index contributed by atoms with van der Waals surface area (Å²) < 4.78 is 0. The van der Waals surface area contributed by atoms with Gasteiger partial charge in [0.05, 0.1) is 5.69 Å². The molecule has 2 nitrogen and oxygen atoms in total. The highest BCUT2D eigenvalue weighted by molar-refractivity contribution is 7.16. The average Bonchev–Trinajstić information content (AvgIpc) is 2.82. The largest absolute Gasteiger partial charge is 0.331 e. The second kappa shape index (κ2) is 6.11.